The van der Waals surface area contributed by atoms with Crippen molar-refractivity contribution in [3.63, 3.8) is 0 Å². The lowest BCUT2D eigenvalue weighted by molar-refractivity contribution is 0.105. The fourth-order valence-electron chi connectivity index (χ4n) is 4.01. The van der Waals surface area contributed by atoms with Crippen molar-refractivity contribution in [1.29, 1.82) is 0 Å². The number of hydrogen-bond acceptors (Lipinski definition) is 3. The highest BCUT2D eigenvalue weighted by atomic mass is 15.3. The summed E-state index contributed by atoms with van der Waals surface area (Å²) in [6.45, 7) is 9.66. The standard InChI is InChI=1S/C15H31N3/c1-15(2)11-17(4)10-14(9-16-3)18(12-15)13-7-5-6-8-13/h13-14,16H,5-12H2,1-4H3. The second-order valence-electron chi connectivity index (χ2n) is 7.18. The Morgan fingerprint density at radius 2 is 1.83 bits per heavy atom. The molecule has 0 bridgehead atoms. The predicted molar refractivity (Wildman–Crippen MR) is 78.0 cm³/mol. The van der Waals surface area contributed by atoms with E-state index in [1.165, 1.54) is 45.3 Å². The molecule has 2 fully saturated rings. The predicted octanol–water partition coefficient (Wildman–Crippen LogP) is 1.79. The third-order valence-electron chi connectivity index (χ3n) is 4.53. The second kappa shape index (κ2) is 5.89. The first-order chi connectivity index (χ1) is 8.52. The molecule has 1 saturated heterocycles. The average molecular weight is 253 g/mol. The van der Waals surface area contributed by atoms with Crippen LogP contribution in [-0.4, -0.2) is 62.2 Å². The highest BCUT2D eigenvalue weighted by Crippen LogP contribution is 2.31. The van der Waals surface area contributed by atoms with Crippen molar-refractivity contribution in [3.05, 3.63) is 0 Å². The van der Waals surface area contributed by atoms with E-state index in [9.17, 15) is 0 Å². The molecule has 0 aromatic heterocycles. The van der Waals surface area contributed by atoms with Crippen LogP contribution < -0.4 is 5.32 Å². The van der Waals surface area contributed by atoms with E-state index in [1.54, 1.807) is 0 Å². The quantitative estimate of drug-likeness (QED) is 0.827. The fourth-order valence-corrected chi connectivity index (χ4v) is 4.01. The maximum atomic E-state index is 3.40. The largest absolute Gasteiger partial charge is 0.318 e. The molecule has 1 aliphatic carbocycles. The van der Waals surface area contributed by atoms with Gasteiger partial charge >= 0.3 is 0 Å². The molecule has 0 radical (unpaired) electrons. The topological polar surface area (TPSA) is 18.5 Å². The molecule has 1 heterocycles. The summed E-state index contributed by atoms with van der Waals surface area (Å²) < 4.78 is 0. The molecule has 3 nitrogen and oxygen atoms in total. The zero-order chi connectivity index (χ0) is 13.2. The van der Waals surface area contributed by atoms with Gasteiger partial charge in [-0.1, -0.05) is 26.7 Å². The van der Waals surface area contributed by atoms with E-state index in [0.717, 1.165) is 12.6 Å². The Morgan fingerprint density at radius 1 is 1.17 bits per heavy atom. The van der Waals surface area contributed by atoms with Crippen LogP contribution >= 0.6 is 0 Å². The molecular formula is C15H31N3. The molecule has 3 heteroatoms. The molecule has 2 rings (SSSR count). The Labute approximate surface area is 113 Å². The Bertz CT molecular complexity index is 258. The molecule has 0 aromatic carbocycles. The van der Waals surface area contributed by atoms with E-state index < -0.39 is 0 Å². The Kier molecular flexibility index (Phi) is 4.68. The van der Waals surface area contributed by atoms with Crippen LogP contribution in [0.2, 0.25) is 0 Å². The summed E-state index contributed by atoms with van der Waals surface area (Å²) in [5, 5.41) is 3.40. The number of hydrogen-bond donors (Lipinski definition) is 1. The number of nitrogens with zero attached hydrogens (tertiary/aromatic N) is 2. The summed E-state index contributed by atoms with van der Waals surface area (Å²) in [6.07, 6.45) is 5.70. The molecule has 2 aliphatic rings. The van der Waals surface area contributed by atoms with Gasteiger partial charge in [-0.15, -0.1) is 0 Å². The normalized spacial score (nSPS) is 31.7. The minimum Gasteiger partial charge on any atom is -0.318 e. The molecule has 106 valence electrons. The van der Waals surface area contributed by atoms with E-state index >= 15 is 0 Å². The molecule has 0 aromatic rings. The van der Waals surface area contributed by atoms with Crippen molar-refractivity contribution in [3.8, 4) is 0 Å². The molecule has 1 saturated carbocycles. The van der Waals surface area contributed by atoms with Crippen LogP contribution in [0.15, 0.2) is 0 Å². The molecule has 1 atom stereocenters. The number of rotatable bonds is 3. The van der Waals surface area contributed by atoms with Crippen LogP contribution in [-0.2, 0) is 0 Å². The van der Waals surface area contributed by atoms with Crippen LogP contribution in [0.1, 0.15) is 39.5 Å². The van der Waals surface area contributed by atoms with Crippen LogP contribution in [0.25, 0.3) is 0 Å². The van der Waals surface area contributed by atoms with Gasteiger partial charge in [-0.05, 0) is 32.4 Å². The first-order valence-corrected chi connectivity index (χ1v) is 7.61. The summed E-state index contributed by atoms with van der Waals surface area (Å²) in [4.78, 5) is 5.35. The minimum atomic E-state index is 0.416. The lowest BCUT2D eigenvalue weighted by atomic mass is 9.92. The molecule has 1 aliphatic heterocycles. The van der Waals surface area contributed by atoms with Gasteiger partial charge in [0.15, 0.2) is 0 Å². The Balaban J connectivity index is 2.13. The lowest BCUT2D eigenvalue weighted by Crippen LogP contribution is -2.50. The summed E-state index contributed by atoms with van der Waals surface area (Å²) in [6, 6.07) is 1.53. The summed E-state index contributed by atoms with van der Waals surface area (Å²) in [7, 11) is 4.37. The van der Waals surface area contributed by atoms with Gasteiger partial charge in [0.1, 0.15) is 0 Å². The van der Waals surface area contributed by atoms with E-state index in [-0.39, 0.29) is 0 Å². The average Bonchev–Trinajstić information content (AvgIpc) is 2.74. The lowest BCUT2D eigenvalue weighted by Gasteiger charge is -2.38. The van der Waals surface area contributed by atoms with Gasteiger partial charge in [0.25, 0.3) is 0 Å². The minimum absolute atomic E-state index is 0.416. The first kappa shape index (κ1) is 14.3. The summed E-state index contributed by atoms with van der Waals surface area (Å²) in [5.74, 6) is 0. The Morgan fingerprint density at radius 3 is 2.44 bits per heavy atom. The monoisotopic (exact) mass is 253 g/mol. The van der Waals surface area contributed by atoms with Crippen LogP contribution in [0, 0.1) is 5.41 Å². The smallest absolute Gasteiger partial charge is 0.0350 e. The van der Waals surface area contributed by atoms with Gasteiger partial charge in [0.2, 0.25) is 0 Å². The van der Waals surface area contributed by atoms with Crippen LogP contribution in [0.5, 0.6) is 0 Å². The van der Waals surface area contributed by atoms with Crippen molar-refractivity contribution >= 4 is 0 Å². The maximum absolute atomic E-state index is 3.40. The summed E-state index contributed by atoms with van der Waals surface area (Å²) in [5.41, 5.74) is 0.416. The van der Waals surface area contributed by atoms with Crippen molar-refractivity contribution in [1.82, 2.24) is 15.1 Å². The molecule has 1 N–H and O–H groups in total. The SMILES string of the molecule is CNCC1CN(C)CC(C)(C)CN1C1CCCC1. The van der Waals surface area contributed by atoms with Gasteiger partial charge in [-0.2, -0.15) is 0 Å². The third kappa shape index (κ3) is 3.46. The van der Waals surface area contributed by atoms with E-state index in [0.29, 0.717) is 11.5 Å². The zero-order valence-electron chi connectivity index (χ0n) is 12.7. The number of nitrogens with one attached hydrogen (secondary N) is 1. The van der Waals surface area contributed by atoms with Crippen LogP contribution in [0.3, 0.4) is 0 Å². The van der Waals surface area contributed by atoms with Gasteiger partial charge < -0.3 is 10.2 Å². The zero-order valence-corrected chi connectivity index (χ0v) is 12.7. The molecular weight excluding hydrogens is 222 g/mol. The van der Waals surface area contributed by atoms with E-state index in [2.05, 4.69) is 43.1 Å². The highest BCUT2D eigenvalue weighted by Gasteiger charge is 2.36. The molecule has 0 spiro atoms. The van der Waals surface area contributed by atoms with E-state index in [4.69, 9.17) is 0 Å². The molecule has 18 heavy (non-hydrogen) atoms. The van der Waals surface area contributed by atoms with E-state index in [1.807, 2.05) is 0 Å². The van der Waals surface area contributed by atoms with Crippen molar-refractivity contribution in [2.24, 2.45) is 5.41 Å². The Hall–Kier alpha value is -0.120. The van der Waals surface area contributed by atoms with Crippen molar-refractivity contribution < 1.29 is 0 Å². The second-order valence-corrected chi connectivity index (χ2v) is 7.18. The van der Waals surface area contributed by atoms with Gasteiger partial charge in [-0.25, -0.2) is 0 Å². The third-order valence-corrected chi connectivity index (χ3v) is 4.53. The molecule has 1 unspecified atom stereocenters. The van der Waals surface area contributed by atoms with Crippen LogP contribution in [0.4, 0.5) is 0 Å². The number of likely N-dealkylation sites (N-methyl/N-ethyl adjacent to an activating group) is 2. The van der Waals surface area contributed by atoms with Gasteiger partial charge in [-0.3, -0.25) is 4.90 Å². The van der Waals surface area contributed by atoms with Gasteiger partial charge in [0, 0.05) is 38.3 Å². The maximum Gasteiger partial charge on any atom is 0.0350 e. The highest BCUT2D eigenvalue weighted by molar-refractivity contribution is 4.92. The van der Waals surface area contributed by atoms with Gasteiger partial charge in [0.05, 0.1) is 0 Å². The summed E-state index contributed by atoms with van der Waals surface area (Å²) >= 11 is 0. The van der Waals surface area contributed by atoms with Crippen molar-refractivity contribution in [2.75, 3.05) is 40.3 Å². The van der Waals surface area contributed by atoms with Crippen molar-refractivity contribution in [2.45, 2.75) is 51.6 Å². The first-order valence-electron chi connectivity index (χ1n) is 7.61. The molecule has 0 amide bonds. The fraction of sp³-hybridized carbons (Fsp3) is 1.00.